The number of fused-ring (bicyclic) bond motifs is 1. The third kappa shape index (κ3) is 3.06. The molecule has 9 nitrogen and oxygen atoms in total. The maximum atomic E-state index is 10.6. The molecule has 0 aromatic rings. The van der Waals surface area contributed by atoms with Gasteiger partial charge in [0.15, 0.2) is 5.79 Å². The Morgan fingerprint density at radius 3 is 2.58 bits per heavy atom. The van der Waals surface area contributed by atoms with E-state index in [-0.39, 0.29) is 6.61 Å². The molecule has 4 atom stereocenters. The van der Waals surface area contributed by atoms with E-state index in [9.17, 15) is 18.6 Å². The van der Waals surface area contributed by atoms with Gasteiger partial charge in [0.1, 0.15) is 24.9 Å². The van der Waals surface area contributed by atoms with Gasteiger partial charge in [-0.1, -0.05) is 0 Å². The lowest BCUT2D eigenvalue weighted by Gasteiger charge is -2.40. The van der Waals surface area contributed by atoms with Gasteiger partial charge in [0, 0.05) is 0 Å². The van der Waals surface area contributed by atoms with Crippen LogP contribution < -0.4 is 0 Å². The summed E-state index contributed by atoms with van der Waals surface area (Å²) in [6.45, 7) is 2.07. The van der Waals surface area contributed by atoms with Crippen molar-refractivity contribution in [2.24, 2.45) is 0 Å². The normalized spacial score (nSPS) is 42.1. The average Bonchev–Trinajstić information content (AvgIpc) is 2.53. The first kappa shape index (κ1) is 15.1. The molecule has 2 fully saturated rings. The van der Waals surface area contributed by atoms with Crippen LogP contribution in [0.4, 0.5) is 0 Å². The molecule has 0 saturated carbocycles. The zero-order valence-corrected chi connectivity index (χ0v) is 11.2. The maximum Gasteiger partial charge on any atom is 0.397 e. The van der Waals surface area contributed by atoms with Crippen molar-refractivity contribution in [2.45, 2.75) is 43.7 Å². The van der Waals surface area contributed by atoms with Crippen molar-refractivity contribution in [3.05, 3.63) is 0 Å². The van der Waals surface area contributed by atoms with Crippen molar-refractivity contribution < 1.29 is 41.6 Å². The predicted molar refractivity (Wildman–Crippen MR) is 58.2 cm³/mol. The van der Waals surface area contributed by atoms with Gasteiger partial charge in [-0.15, -0.1) is 0 Å². The van der Waals surface area contributed by atoms with Crippen LogP contribution in [0.3, 0.4) is 0 Å². The largest absolute Gasteiger partial charge is 0.397 e. The van der Waals surface area contributed by atoms with Gasteiger partial charge >= 0.3 is 10.4 Å². The Labute approximate surface area is 110 Å². The molecule has 0 aliphatic carbocycles. The van der Waals surface area contributed by atoms with E-state index in [1.54, 1.807) is 0 Å². The molecule has 2 aliphatic heterocycles. The molecule has 0 aromatic heterocycles. The summed E-state index contributed by atoms with van der Waals surface area (Å²) < 4.78 is 50.2. The predicted octanol–water partition coefficient (Wildman–Crippen LogP) is -1.59. The van der Waals surface area contributed by atoms with Gasteiger partial charge in [-0.05, 0) is 13.8 Å². The highest BCUT2D eigenvalue weighted by Crippen LogP contribution is 2.42. The van der Waals surface area contributed by atoms with Gasteiger partial charge in [0.2, 0.25) is 5.79 Å². The summed E-state index contributed by atoms with van der Waals surface area (Å²) in [5.41, 5.74) is 0. The Balaban J connectivity index is 2.23. The van der Waals surface area contributed by atoms with Crippen LogP contribution in [0.15, 0.2) is 0 Å². The highest BCUT2D eigenvalue weighted by molar-refractivity contribution is 7.80. The molecule has 2 saturated heterocycles. The standard InChI is InChI=1S/C9H16O9S/c1-8(2)17-7-6(11)5(10)3-15-9(7,18-8)4-16-19(12,13)14/h5-7,10-11H,3-4H2,1-2H3,(H,12,13,14)/t5-,6-,7+,9+/m1/s1. The van der Waals surface area contributed by atoms with E-state index in [2.05, 4.69) is 4.18 Å². The summed E-state index contributed by atoms with van der Waals surface area (Å²) in [4.78, 5) is 0. The monoisotopic (exact) mass is 300 g/mol. The van der Waals surface area contributed by atoms with Gasteiger partial charge in [-0.3, -0.25) is 4.55 Å². The molecule has 0 radical (unpaired) electrons. The summed E-state index contributed by atoms with van der Waals surface area (Å²) in [5.74, 6) is -2.88. The van der Waals surface area contributed by atoms with Crippen LogP contribution in [0.1, 0.15) is 13.8 Å². The van der Waals surface area contributed by atoms with Crippen LogP contribution in [0.2, 0.25) is 0 Å². The Morgan fingerprint density at radius 2 is 2.00 bits per heavy atom. The summed E-state index contributed by atoms with van der Waals surface area (Å²) in [6.07, 6.45) is -3.67. The Bertz CT molecular complexity index is 447. The van der Waals surface area contributed by atoms with Crippen LogP contribution in [0, 0.1) is 0 Å². The molecule has 0 amide bonds. The van der Waals surface area contributed by atoms with Gasteiger partial charge in [-0.2, -0.15) is 8.42 Å². The fourth-order valence-electron chi connectivity index (χ4n) is 2.17. The first-order valence-corrected chi connectivity index (χ1v) is 6.91. The molecule has 2 rings (SSSR count). The zero-order chi connectivity index (χ0) is 14.5. The Morgan fingerprint density at radius 1 is 1.37 bits per heavy atom. The molecule has 0 aromatic carbocycles. The lowest BCUT2D eigenvalue weighted by molar-refractivity contribution is -0.301. The van der Waals surface area contributed by atoms with E-state index in [0.717, 1.165) is 0 Å². The van der Waals surface area contributed by atoms with E-state index in [4.69, 9.17) is 18.8 Å². The smallest absolute Gasteiger partial charge is 0.388 e. The van der Waals surface area contributed by atoms with Gasteiger partial charge < -0.3 is 24.4 Å². The molecule has 2 aliphatic rings. The molecular formula is C9H16O9S. The SMILES string of the molecule is CC1(C)O[C@H]2[C@H](O)[C@H](O)CO[C@@]2(COS(=O)(=O)O)O1. The maximum absolute atomic E-state index is 10.6. The third-order valence-corrected chi connectivity index (χ3v) is 3.29. The van der Waals surface area contributed by atoms with E-state index >= 15 is 0 Å². The molecule has 0 spiro atoms. The Hall–Kier alpha value is -0.330. The van der Waals surface area contributed by atoms with Crippen molar-refractivity contribution in [3.8, 4) is 0 Å². The second-order valence-corrected chi connectivity index (χ2v) is 6.00. The minimum Gasteiger partial charge on any atom is -0.388 e. The lowest BCUT2D eigenvalue weighted by Crippen LogP contribution is -2.61. The first-order valence-electron chi connectivity index (χ1n) is 5.55. The minimum atomic E-state index is -4.70. The van der Waals surface area contributed by atoms with Crippen molar-refractivity contribution in [2.75, 3.05) is 13.2 Å². The van der Waals surface area contributed by atoms with Crippen LogP contribution >= 0.6 is 0 Å². The number of ether oxygens (including phenoxy) is 3. The zero-order valence-electron chi connectivity index (χ0n) is 10.3. The van der Waals surface area contributed by atoms with E-state index in [1.807, 2.05) is 0 Å². The van der Waals surface area contributed by atoms with Gasteiger partial charge in [0.05, 0.1) is 6.61 Å². The molecule has 3 N–H and O–H groups in total. The summed E-state index contributed by atoms with van der Waals surface area (Å²) in [6, 6.07) is 0. The minimum absolute atomic E-state index is 0.286. The number of hydrogen-bond donors (Lipinski definition) is 3. The second kappa shape index (κ2) is 4.60. The lowest BCUT2D eigenvalue weighted by atomic mass is 9.98. The Kier molecular flexibility index (Phi) is 3.65. The van der Waals surface area contributed by atoms with Gasteiger partial charge in [0.25, 0.3) is 0 Å². The summed E-state index contributed by atoms with van der Waals surface area (Å²) in [7, 11) is -4.70. The van der Waals surface area contributed by atoms with E-state index in [1.165, 1.54) is 13.8 Å². The highest BCUT2D eigenvalue weighted by Gasteiger charge is 2.61. The molecular weight excluding hydrogens is 284 g/mol. The van der Waals surface area contributed by atoms with E-state index in [0.29, 0.717) is 0 Å². The molecule has 19 heavy (non-hydrogen) atoms. The highest BCUT2D eigenvalue weighted by atomic mass is 32.3. The van der Waals surface area contributed by atoms with Crippen molar-refractivity contribution in [1.29, 1.82) is 0 Å². The summed E-state index contributed by atoms with van der Waals surface area (Å²) in [5, 5.41) is 19.4. The molecule has 2 heterocycles. The molecule has 0 unspecified atom stereocenters. The number of hydrogen-bond acceptors (Lipinski definition) is 8. The fourth-order valence-corrected chi connectivity index (χ4v) is 2.49. The number of rotatable bonds is 3. The molecule has 112 valence electrons. The number of aliphatic hydroxyl groups excluding tert-OH is 2. The van der Waals surface area contributed by atoms with Crippen molar-refractivity contribution >= 4 is 10.4 Å². The van der Waals surface area contributed by atoms with E-state index < -0.39 is 46.9 Å². The second-order valence-electron chi connectivity index (χ2n) is 4.91. The first-order chi connectivity index (χ1) is 8.55. The quantitative estimate of drug-likeness (QED) is 0.527. The topological polar surface area (TPSA) is 132 Å². The van der Waals surface area contributed by atoms with Crippen LogP contribution in [-0.4, -0.2) is 66.3 Å². The average molecular weight is 300 g/mol. The third-order valence-electron chi connectivity index (χ3n) is 2.87. The van der Waals surface area contributed by atoms with Crippen molar-refractivity contribution in [1.82, 2.24) is 0 Å². The molecule has 0 bridgehead atoms. The number of aliphatic hydroxyl groups is 2. The van der Waals surface area contributed by atoms with Crippen LogP contribution in [-0.2, 0) is 28.8 Å². The summed E-state index contributed by atoms with van der Waals surface area (Å²) >= 11 is 0. The van der Waals surface area contributed by atoms with Crippen LogP contribution in [0.5, 0.6) is 0 Å². The van der Waals surface area contributed by atoms with Crippen LogP contribution in [0.25, 0.3) is 0 Å². The fraction of sp³-hybridized carbons (Fsp3) is 1.00. The van der Waals surface area contributed by atoms with Crippen molar-refractivity contribution in [3.63, 3.8) is 0 Å². The van der Waals surface area contributed by atoms with Gasteiger partial charge in [-0.25, -0.2) is 4.18 Å². The molecule has 10 heteroatoms.